The number of hydrogen-bond acceptors (Lipinski definition) is 2. The zero-order chi connectivity index (χ0) is 16.1. The quantitative estimate of drug-likeness (QED) is 0.533. The van der Waals surface area contributed by atoms with Crippen LogP contribution in [-0.2, 0) is 5.41 Å². The lowest BCUT2D eigenvalue weighted by molar-refractivity contribution is 0.513. The van der Waals surface area contributed by atoms with Gasteiger partial charge in [-0.1, -0.05) is 91.0 Å². The van der Waals surface area contributed by atoms with Gasteiger partial charge in [0, 0.05) is 11.8 Å². The zero-order valence-corrected chi connectivity index (χ0v) is 13.9. The van der Waals surface area contributed by atoms with E-state index in [2.05, 4.69) is 85.4 Å². The topological polar surface area (TPSA) is 26.0 Å². The van der Waals surface area contributed by atoms with Gasteiger partial charge in [0.2, 0.25) is 0 Å². The molecule has 0 aromatic heterocycles. The second-order valence-electron chi connectivity index (χ2n) is 5.70. The first kappa shape index (κ1) is 15.9. The highest BCUT2D eigenvalue weighted by Gasteiger charge is 2.41. The smallest absolute Gasteiger partial charge is 0.0610 e. The highest BCUT2D eigenvalue weighted by Crippen LogP contribution is 2.41. The van der Waals surface area contributed by atoms with Gasteiger partial charge >= 0.3 is 0 Å². The van der Waals surface area contributed by atoms with Gasteiger partial charge in [0.25, 0.3) is 0 Å². The summed E-state index contributed by atoms with van der Waals surface area (Å²) in [6, 6.07) is 31.3. The van der Waals surface area contributed by atoms with E-state index in [1.54, 1.807) is 0 Å². The minimum absolute atomic E-state index is 0.141. The van der Waals surface area contributed by atoms with Crippen molar-refractivity contribution in [1.29, 1.82) is 0 Å². The highest BCUT2D eigenvalue weighted by molar-refractivity contribution is 7.80. The molecule has 0 saturated heterocycles. The van der Waals surface area contributed by atoms with E-state index in [1.807, 2.05) is 18.2 Å². The number of rotatable bonds is 5. The predicted octanol–water partition coefficient (Wildman–Crippen LogP) is 4.28. The molecular weight excluding hydrogens is 298 g/mol. The summed E-state index contributed by atoms with van der Waals surface area (Å²) in [5, 5.41) is 0. The van der Waals surface area contributed by atoms with Crippen LogP contribution in [0.2, 0.25) is 0 Å². The Hall–Kier alpha value is -2.03. The van der Waals surface area contributed by atoms with Crippen molar-refractivity contribution in [2.75, 3.05) is 5.75 Å². The lowest BCUT2D eigenvalue weighted by atomic mass is 9.65. The molecule has 1 atom stereocenters. The fourth-order valence-corrected chi connectivity index (χ4v) is 3.66. The lowest BCUT2D eigenvalue weighted by Crippen LogP contribution is -2.48. The van der Waals surface area contributed by atoms with Crippen LogP contribution in [0.25, 0.3) is 0 Å². The summed E-state index contributed by atoms with van der Waals surface area (Å²) in [7, 11) is 0. The number of benzene rings is 3. The van der Waals surface area contributed by atoms with Gasteiger partial charge < -0.3 is 5.73 Å². The molecule has 3 aromatic rings. The molecule has 2 N–H and O–H groups in total. The van der Waals surface area contributed by atoms with Crippen molar-refractivity contribution >= 4 is 12.6 Å². The molecule has 0 bridgehead atoms. The standard InChI is InChI=1S/C21H21NS/c22-20(16-23)21(17-10-4-1-5-11-17,18-12-6-2-7-13-18)19-14-8-3-9-15-19/h1-15,20,23H,16,22H2. The van der Waals surface area contributed by atoms with E-state index in [9.17, 15) is 0 Å². The molecule has 0 aliphatic rings. The lowest BCUT2D eigenvalue weighted by Gasteiger charge is -2.40. The van der Waals surface area contributed by atoms with Gasteiger partial charge in [-0.25, -0.2) is 0 Å². The Morgan fingerprint density at radius 3 is 1.22 bits per heavy atom. The van der Waals surface area contributed by atoms with Crippen molar-refractivity contribution in [1.82, 2.24) is 0 Å². The van der Waals surface area contributed by atoms with Gasteiger partial charge in [0.15, 0.2) is 0 Å². The molecule has 1 unspecified atom stereocenters. The SMILES string of the molecule is NC(CS)C(c1ccccc1)(c1ccccc1)c1ccccc1. The number of nitrogens with two attached hydrogens (primary N) is 1. The molecule has 1 nitrogen and oxygen atoms in total. The predicted molar refractivity (Wildman–Crippen MR) is 101 cm³/mol. The zero-order valence-electron chi connectivity index (χ0n) is 13.0. The van der Waals surface area contributed by atoms with Gasteiger partial charge in [0.05, 0.1) is 5.41 Å². The molecule has 3 aromatic carbocycles. The minimum Gasteiger partial charge on any atom is -0.326 e. The van der Waals surface area contributed by atoms with Gasteiger partial charge in [0.1, 0.15) is 0 Å². The molecule has 2 heteroatoms. The number of thiol groups is 1. The Labute approximate surface area is 143 Å². The Balaban J connectivity index is 2.35. The van der Waals surface area contributed by atoms with Gasteiger partial charge in [-0.3, -0.25) is 0 Å². The summed E-state index contributed by atoms with van der Waals surface area (Å²) in [5.41, 5.74) is 9.84. The third-order valence-electron chi connectivity index (χ3n) is 4.44. The summed E-state index contributed by atoms with van der Waals surface area (Å²) in [6.07, 6.45) is 0. The third-order valence-corrected chi connectivity index (χ3v) is 4.83. The number of hydrogen-bond donors (Lipinski definition) is 2. The summed E-state index contributed by atoms with van der Waals surface area (Å²) in [5.74, 6) is 0.596. The average molecular weight is 319 g/mol. The Morgan fingerprint density at radius 1 is 0.652 bits per heavy atom. The fourth-order valence-electron chi connectivity index (χ4n) is 3.38. The Bertz CT molecular complexity index is 629. The maximum atomic E-state index is 6.67. The molecule has 116 valence electrons. The summed E-state index contributed by atoms with van der Waals surface area (Å²) < 4.78 is 0. The molecule has 0 aliphatic carbocycles. The average Bonchev–Trinajstić information content (AvgIpc) is 2.65. The van der Waals surface area contributed by atoms with Crippen molar-refractivity contribution in [2.45, 2.75) is 11.5 Å². The van der Waals surface area contributed by atoms with Crippen LogP contribution in [0.1, 0.15) is 16.7 Å². The molecule has 23 heavy (non-hydrogen) atoms. The molecule has 3 rings (SSSR count). The van der Waals surface area contributed by atoms with Gasteiger partial charge in [-0.2, -0.15) is 12.6 Å². The van der Waals surface area contributed by atoms with Crippen LogP contribution in [0.15, 0.2) is 91.0 Å². The molecule has 0 fully saturated rings. The van der Waals surface area contributed by atoms with Crippen molar-refractivity contribution in [3.8, 4) is 0 Å². The molecule has 0 aliphatic heterocycles. The molecule has 0 heterocycles. The first-order valence-corrected chi connectivity index (χ1v) is 8.46. The molecule has 0 amide bonds. The second kappa shape index (κ2) is 7.03. The van der Waals surface area contributed by atoms with E-state index in [1.165, 1.54) is 16.7 Å². The summed E-state index contributed by atoms with van der Waals surface area (Å²) in [4.78, 5) is 0. The molecule has 0 radical (unpaired) electrons. The third kappa shape index (κ3) is 2.80. The highest BCUT2D eigenvalue weighted by atomic mass is 32.1. The van der Waals surface area contributed by atoms with Crippen molar-refractivity contribution < 1.29 is 0 Å². The minimum atomic E-state index is -0.411. The molecular formula is C21H21NS. The van der Waals surface area contributed by atoms with Gasteiger partial charge in [-0.15, -0.1) is 0 Å². The first-order chi connectivity index (χ1) is 11.3. The van der Waals surface area contributed by atoms with E-state index in [-0.39, 0.29) is 6.04 Å². The molecule has 0 spiro atoms. The van der Waals surface area contributed by atoms with Crippen molar-refractivity contribution in [2.24, 2.45) is 5.73 Å². The normalized spacial score (nSPS) is 12.8. The van der Waals surface area contributed by atoms with E-state index >= 15 is 0 Å². The van der Waals surface area contributed by atoms with Crippen molar-refractivity contribution in [3.63, 3.8) is 0 Å². The maximum absolute atomic E-state index is 6.67. The van der Waals surface area contributed by atoms with E-state index in [4.69, 9.17) is 5.73 Å². The second-order valence-corrected chi connectivity index (χ2v) is 6.06. The van der Waals surface area contributed by atoms with Crippen LogP contribution < -0.4 is 5.73 Å². The Kier molecular flexibility index (Phi) is 4.85. The largest absolute Gasteiger partial charge is 0.326 e. The maximum Gasteiger partial charge on any atom is 0.0610 e. The van der Waals surface area contributed by atoms with Crippen LogP contribution in [0, 0.1) is 0 Å². The summed E-state index contributed by atoms with van der Waals surface area (Å²) >= 11 is 4.53. The first-order valence-electron chi connectivity index (χ1n) is 7.83. The van der Waals surface area contributed by atoms with Crippen LogP contribution >= 0.6 is 12.6 Å². The van der Waals surface area contributed by atoms with E-state index in [0.717, 1.165) is 0 Å². The van der Waals surface area contributed by atoms with E-state index < -0.39 is 5.41 Å². The molecule has 0 saturated carbocycles. The van der Waals surface area contributed by atoms with Crippen LogP contribution in [-0.4, -0.2) is 11.8 Å². The van der Waals surface area contributed by atoms with Crippen LogP contribution in [0.3, 0.4) is 0 Å². The fraction of sp³-hybridized carbons (Fsp3) is 0.143. The Morgan fingerprint density at radius 2 is 0.957 bits per heavy atom. The van der Waals surface area contributed by atoms with Crippen molar-refractivity contribution in [3.05, 3.63) is 108 Å². The monoisotopic (exact) mass is 319 g/mol. The van der Waals surface area contributed by atoms with Crippen LogP contribution in [0.5, 0.6) is 0 Å². The van der Waals surface area contributed by atoms with Gasteiger partial charge in [-0.05, 0) is 16.7 Å². The summed E-state index contributed by atoms with van der Waals surface area (Å²) in [6.45, 7) is 0. The van der Waals surface area contributed by atoms with Crippen LogP contribution in [0.4, 0.5) is 0 Å². The van der Waals surface area contributed by atoms with E-state index in [0.29, 0.717) is 5.75 Å².